The molecule has 7 rings (SSSR count). The second kappa shape index (κ2) is 9.87. The van der Waals surface area contributed by atoms with Gasteiger partial charge in [0.15, 0.2) is 11.9 Å². The summed E-state index contributed by atoms with van der Waals surface area (Å²) in [5.74, 6) is -4.71. The van der Waals surface area contributed by atoms with Crippen molar-refractivity contribution in [1.82, 2.24) is 0 Å². The van der Waals surface area contributed by atoms with Crippen LogP contribution in [0.4, 0.5) is 0 Å². The van der Waals surface area contributed by atoms with Crippen molar-refractivity contribution in [3.8, 4) is 0 Å². The van der Waals surface area contributed by atoms with Crippen molar-refractivity contribution in [2.45, 2.75) is 116 Å². The van der Waals surface area contributed by atoms with Crippen LogP contribution in [0.3, 0.4) is 0 Å². The van der Waals surface area contributed by atoms with Gasteiger partial charge in [-0.05, 0) is 37.3 Å². The standard InChI is InChI=1S/C34H44O12/c1-15(2)28(40)45-29-30(5)20-11-21(37)32(7)26(33(20,14-42-29)22(38)12-23(30)43-16(3)35)25(39)27(44-17(4)36)31(6)19(18-8-9-41-13-18)10-24-34(31,32)46-24/h8-9,13,15,19-24,26-27,29,37-38H,10-12,14H2,1-7H3. The number of ketones is 1. The number of hydrogen-bond donors (Lipinski definition) is 2. The Morgan fingerprint density at radius 2 is 1.65 bits per heavy atom. The molecule has 0 amide bonds. The quantitative estimate of drug-likeness (QED) is 0.273. The molecule has 0 radical (unpaired) electrons. The minimum atomic E-state index is -1.32. The zero-order chi connectivity index (χ0) is 33.4. The number of fused-ring (bicyclic) bond motifs is 1. The van der Waals surface area contributed by atoms with E-state index in [9.17, 15) is 24.6 Å². The predicted molar refractivity (Wildman–Crippen MR) is 155 cm³/mol. The Morgan fingerprint density at radius 3 is 2.26 bits per heavy atom. The molecule has 14 unspecified atom stereocenters. The van der Waals surface area contributed by atoms with Gasteiger partial charge >= 0.3 is 17.9 Å². The van der Waals surface area contributed by atoms with E-state index >= 15 is 4.79 Å². The molecule has 1 aromatic rings. The Kier molecular flexibility index (Phi) is 6.82. The van der Waals surface area contributed by atoms with Crippen LogP contribution in [0.5, 0.6) is 0 Å². The molecule has 252 valence electrons. The molecule has 4 aliphatic carbocycles. The SMILES string of the molecule is CC(=O)OC1CC(O)C23COC(OC(=O)C(C)C)C1(C)C2CC(O)C1(C)C3C(=O)C(OC(C)=O)C2(C)C(c3ccoc3)CC3OC321. The van der Waals surface area contributed by atoms with Gasteiger partial charge in [0.25, 0.3) is 0 Å². The summed E-state index contributed by atoms with van der Waals surface area (Å²) in [6.45, 7) is 11.3. The van der Waals surface area contributed by atoms with Crippen LogP contribution in [0.1, 0.15) is 79.2 Å². The molecule has 12 nitrogen and oxygen atoms in total. The molecule has 1 spiro atoms. The number of Topliss-reactive ketones (excluding diaryl/α,β-unsaturated/α-hetero) is 1. The number of epoxide rings is 1. The largest absolute Gasteiger partial charge is 0.472 e. The van der Waals surface area contributed by atoms with E-state index in [0.717, 1.165) is 5.56 Å². The van der Waals surface area contributed by atoms with Crippen molar-refractivity contribution in [3.05, 3.63) is 24.2 Å². The summed E-state index contributed by atoms with van der Waals surface area (Å²) in [5, 5.41) is 24.7. The number of carbonyl (C=O) groups excluding carboxylic acids is 4. The van der Waals surface area contributed by atoms with E-state index in [0.29, 0.717) is 6.42 Å². The van der Waals surface area contributed by atoms with E-state index in [1.165, 1.54) is 13.8 Å². The highest BCUT2D eigenvalue weighted by atomic mass is 16.7. The number of rotatable bonds is 5. The third-order valence-corrected chi connectivity index (χ3v) is 13.3. The normalized spacial score (nSPS) is 50.0. The van der Waals surface area contributed by atoms with Gasteiger partial charge in [0.1, 0.15) is 11.7 Å². The van der Waals surface area contributed by atoms with Crippen LogP contribution in [0.2, 0.25) is 0 Å². The number of carbonyl (C=O) groups is 4. The molecule has 6 aliphatic rings. The summed E-state index contributed by atoms with van der Waals surface area (Å²) in [6, 6.07) is 1.84. The lowest BCUT2D eigenvalue weighted by Gasteiger charge is -2.73. The van der Waals surface area contributed by atoms with E-state index in [4.69, 9.17) is 28.1 Å². The van der Waals surface area contributed by atoms with Crippen molar-refractivity contribution in [2.24, 2.45) is 39.4 Å². The molecule has 6 fully saturated rings. The Hall–Kier alpha value is -2.80. The lowest BCUT2D eigenvalue weighted by atomic mass is 9.33. The molecule has 14 atom stereocenters. The number of furan rings is 1. The smallest absolute Gasteiger partial charge is 0.310 e. The molecule has 0 aromatic carbocycles. The topological polar surface area (TPSA) is 171 Å². The zero-order valence-corrected chi connectivity index (χ0v) is 27.3. The van der Waals surface area contributed by atoms with Gasteiger partial charge in [0.2, 0.25) is 6.29 Å². The third-order valence-electron chi connectivity index (χ3n) is 13.3. The van der Waals surface area contributed by atoms with Crippen LogP contribution in [0.15, 0.2) is 23.0 Å². The monoisotopic (exact) mass is 644 g/mol. The highest BCUT2D eigenvalue weighted by Crippen LogP contribution is 2.83. The minimum absolute atomic E-state index is 0.0495. The van der Waals surface area contributed by atoms with Crippen LogP contribution in [0.25, 0.3) is 0 Å². The maximum Gasteiger partial charge on any atom is 0.310 e. The fourth-order valence-electron chi connectivity index (χ4n) is 11.4. The van der Waals surface area contributed by atoms with Gasteiger partial charge in [-0.2, -0.15) is 0 Å². The van der Waals surface area contributed by atoms with Gasteiger partial charge in [0.05, 0.1) is 54.2 Å². The van der Waals surface area contributed by atoms with Gasteiger partial charge in [-0.25, -0.2) is 0 Å². The third kappa shape index (κ3) is 3.54. The Bertz CT molecular complexity index is 1470. The molecule has 2 N–H and O–H groups in total. The number of aliphatic hydroxyl groups is 2. The first-order chi connectivity index (χ1) is 21.5. The van der Waals surface area contributed by atoms with E-state index in [1.807, 2.05) is 19.9 Å². The number of aliphatic hydroxyl groups excluding tert-OH is 2. The fraction of sp³-hybridized carbons (Fsp3) is 0.765. The van der Waals surface area contributed by atoms with Gasteiger partial charge in [0, 0.05) is 42.9 Å². The second-order valence-corrected chi connectivity index (χ2v) is 15.4. The summed E-state index contributed by atoms with van der Waals surface area (Å²) in [5.41, 5.74) is -5.13. The first-order valence-electron chi connectivity index (χ1n) is 16.3. The van der Waals surface area contributed by atoms with Crippen molar-refractivity contribution in [1.29, 1.82) is 0 Å². The van der Waals surface area contributed by atoms with E-state index in [2.05, 4.69) is 0 Å². The van der Waals surface area contributed by atoms with Crippen molar-refractivity contribution >= 4 is 23.7 Å². The van der Waals surface area contributed by atoms with Gasteiger partial charge < -0.3 is 38.3 Å². The molecule has 2 bridgehead atoms. The lowest BCUT2D eigenvalue weighted by Crippen LogP contribution is -2.82. The molecule has 2 aliphatic heterocycles. The molecule has 46 heavy (non-hydrogen) atoms. The van der Waals surface area contributed by atoms with Crippen LogP contribution < -0.4 is 0 Å². The molecule has 12 heteroatoms. The number of esters is 3. The average Bonchev–Trinajstić information content (AvgIpc) is 3.33. The van der Waals surface area contributed by atoms with E-state index in [1.54, 1.807) is 33.3 Å². The highest BCUT2D eigenvalue weighted by molar-refractivity contribution is 5.93. The summed E-state index contributed by atoms with van der Waals surface area (Å²) >= 11 is 0. The van der Waals surface area contributed by atoms with Gasteiger partial charge in [-0.15, -0.1) is 0 Å². The first-order valence-corrected chi connectivity index (χ1v) is 16.3. The van der Waals surface area contributed by atoms with Crippen LogP contribution in [-0.2, 0) is 42.9 Å². The van der Waals surface area contributed by atoms with Crippen LogP contribution >= 0.6 is 0 Å². The van der Waals surface area contributed by atoms with E-state index < -0.39 is 99.4 Å². The van der Waals surface area contributed by atoms with E-state index in [-0.39, 0.29) is 31.5 Å². The minimum Gasteiger partial charge on any atom is -0.472 e. The average molecular weight is 645 g/mol. The maximum absolute atomic E-state index is 15.3. The van der Waals surface area contributed by atoms with Gasteiger partial charge in [-0.3, -0.25) is 19.2 Å². The number of ether oxygens (including phenoxy) is 5. The Morgan fingerprint density at radius 1 is 0.957 bits per heavy atom. The zero-order valence-electron chi connectivity index (χ0n) is 27.3. The highest BCUT2D eigenvalue weighted by Gasteiger charge is 2.92. The lowest BCUT2D eigenvalue weighted by molar-refractivity contribution is -0.374. The van der Waals surface area contributed by atoms with Gasteiger partial charge in [-0.1, -0.05) is 27.7 Å². The molecular formula is C34H44O12. The molecule has 2 saturated heterocycles. The van der Waals surface area contributed by atoms with Crippen LogP contribution in [0, 0.1) is 39.4 Å². The maximum atomic E-state index is 15.3. The molecule has 1 aromatic heterocycles. The Labute approximate surface area is 267 Å². The van der Waals surface area contributed by atoms with Crippen molar-refractivity contribution in [3.63, 3.8) is 0 Å². The second-order valence-electron chi connectivity index (χ2n) is 15.4. The summed E-state index contributed by atoms with van der Waals surface area (Å²) in [7, 11) is 0. The van der Waals surface area contributed by atoms with Crippen molar-refractivity contribution < 1.29 is 57.5 Å². The van der Waals surface area contributed by atoms with Crippen molar-refractivity contribution in [2.75, 3.05) is 6.61 Å². The number of hydrogen-bond acceptors (Lipinski definition) is 12. The molecule has 4 saturated carbocycles. The predicted octanol–water partition coefficient (Wildman–Crippen LogP) is 2.67. The summed E-state index contributed by atoms with van der Waals surface area (Å²) < 4.78 is 36.1. The summed E-state index contributed by atoms with van der Waals surface area (Å²) in [6.07, 6.45) is -2.36. The molecular weight excluding hydrogens is 600 g/mol. The van der Waals surface area contributed by atoms with Crippen LogP contribution in [-0.4, -0.2) is 82.9 Å². The Balaban J connectivity index is 1.41. The first kappa shape index (κ1) is 31.8. The fourth-order valence-corrected chi connectivity index (χ4v) is 11.4. The summed E-state index contributed by atoms with van der Waals surface area (Å²) in [4.78, 5) is 53.3. The molecule has 3 heterocycles.